The summed E-state index contributed by atoms with van der Waals surface area (Å²) in [6.07, 6.45) is 5.39. The van der Waals surface area contributed by atoms with Gasteiger partial charge in [-0.2, -0.15) is 0 Å². The van der Waals surface area contributed by atoms with E-state index in [9.17, 15) is 4.79 Å². The van der Waals surface area contributed by atoms with E-state index in [1.54, 1.807) is 19.6 Å². The van der Waals surface area contributed by atoms with Gasteiger partial charge >= 0.3 is 0 Å². The summed E-state index contributed by atoms with van der Waals surface area (Å²) in [4.78, 5) is 16.7. The van der Waals surface area contributed by atoms with Crippen molar-refractivity contribution < 1.29 is 9.53 Å². The van der Waals surface area contributed by atoms with Gasteiger partial charge in [0.25, 0.3) is 5.91 Å². The van der Waals surface area contributed by atoms with Gasteiger partial charge in [-0.15, -0.1) is 0 Å². The molecule has 0 aliphatic carbocycles. The lowest BCUT2D eigenvalue weighted by Gasteiger charge is -2.11. The molecule has 0 aliphatic rings. The van der Waals surface area contributed by atoms with Crippen molar-refractivity contribution in [3.05, 3.63) is 90.5 Å². The number of nitrogens with zero attached hydrogens (tertiary/aromatic N) is 2. The Morgan fingerprint density at radius 3 is 2.48 bits per heavy atom. The predicted octanol–water partition coefficient (Wildman–Crippen LogP) is 3.96. The maximum atomic E-state index is 12.7. The zero-order valence-electron chi connectivity index (χ0n) is 14.9. The fraction of sp³-hybridized carbons (Fsp3) is 0.0909. The third-order valence-corrected chi connectivity index (χ3v) is 4.50. The number of fused-ring (bicyclic) bond motifs is 1. The van der Waals surface area contributed by atoms with Gasteiger partial charge in [0.05, 0.1) is 19.0 Å². The average molecular weight is 357 g/mol. The van der Waals surface area contributed by atoms with Crippen LogP contribution in [0.5, 0.6) is 5.75 Å². The molecule has 0 saturated heterocycles. The summed E-state index contributed by atoms with van der Waals surface area (Å²) in [5, 5.41) is 5.02. The topological polar surface area (TPSA) is 56.1 Å². The Kier molecular flexibility index (Phi) is 4.58. The number of imidazole rings is 1. The van der Waals surface area contributed by atoms with Crippen LogP contribution in [-0.2, 0) is 6.54 Å². The van der Waals surface area contributed by atoms with Crippen LogP contribution in [-0.4, -0.2) is 22.6 Å². The van der Waals surface area contributed by atoms with Gasteiger partial charge in [0, 0.05) is 24.6 Å². The van der Waals surface area contributed by atoms with Crippen molar-refractivity contribution in [1.82, 2.24) is 14.9 Å². The van der Waals surface area contributed by atoms with E-state index in [0.717, 1.165) is 22.0 Å². The molecule has 0 aliphatic heterocycles. The van der Waals surface area contributed by atoms with Crippen molar-refractivity contribution in [2.75, 3.05) is 7.11 Å². The van der Waals surface area contributed by atoms with Crippen molar-refractivity contribution in [3.8, 4) is 11.4 Å². The van der Waals surface area contributed by atoms with E-state index in [4.69, 9.17) is 4.74 Å². The minimum Gasteiger partial charge on any atom is -0.496 e. The number of nitrogens with one attached hydrogen (secondary N) is 1. The molecule has 0 unspecified atom stereocenters. The lowest BCUT2D eigenvalue weighted by molar-refractivity contribution is 0.0948. The van der Waals surface area contributed by atoms with Crippen LogP contribution in [0, 0.1) is 0 Å². The van der Waals surface area contributed by atoms with Crippen LogP contribution < -0.4 is 10.1 Å². The minimum absolute atomic E-state index is 0.156. The lowest BCUT2D eigenvalue weighted by atomic mass is 10.1. The molecule has 0 radical (unpaired) electrons. The summed E-state index contributed by atoms with van der Waals surface area (Å²) < 4.78 is 7.35. The third kappa shape index (κ3) is 3.53. The molecule has 0 atom stereocenters. The number of carbonyl (C=O) groups is 1. The van der Waals surface area contributed by atoms with E-state index in [1.807, 2.05) is 71.4 Å². The van der Waals surface area contributed by atoms with E-state index < -0.39 is 0 Å². The van der Waals surface area contributed by atoms with E-state index in [2.05, 4.69) is 10.3 Å². The Labute approximate surface area is 157 Å². The molecule has 1 N–H and O–H groups in total. The molecule has 3 aromatic carbocycles. The number of hydrogen-bond donors (Lipinski definition) is 1. The predicted molar refractivity (Wildman–Crippen MR) is 105 cm³/mol. The summed E-state index contributed by atoms with van der Waals surface area (Å²) >= 11 is 0. The second-order valence-electron chi connectivity index (χ2n) is 6.22. The van der Waals surface area contributed by atoms with Gasteiger partial charge in [-0.05, 0) is 40.6 Å². The SMILES string of the molecule is COc1cc2ccccc2cc1C(=O)NCc1ccc(-n2ccnc2)cc1. The molecule has 1 amide bonds. The minimum atomic E-state index is -0.156. The number of rotatable bonds is 5. The lowest BCUT2D eigenvalue weighted by Crippen LogP contribution is -2.23. The number of carbonyl (C=O) groups excluding carboxylic acids is 1. The van der Waals surface area contributed by atoms with E-state index in [0.29, 0.717) is 17.9 Å². The third-order valence-electron chi connectivity index (χ3n) is 4.50. The molecular weight excluding hydrogens is 338 g/mol. The molecule has 5 nitrogen and oxygen atoms in total. The number of methoxy groups -OCH3 is 1. The molecule has 0 fully saturated rings. The number of ether oxygens (including phenoxy) is 1. The quantitative estimate of drug-likeness (QED) is 0.588. The highest BCUT2D eigenvalue weighted by Crippen LogP contribution is 2.26. The molecule has 0 spiro atoms. The Balaban J connectivity index is 1.50. The van der Waals surface area contributed by atoms with Gasteiger partial charge in [0.15, 0.2) is 0 Å². The van der Waals surface area contributed by atoms with Crippen LogP contribution >= 0.6 is 0 Å². The normalized spacial score (nSPS) is 10.7. The van der Waals surface area contributed by atoms with Crippen LogP contribution in [0.2, 0.25) is 0 Å². The first-order valence-corrected chi connectivity index (χ1v) is 8.67. The Morgan fingerprint density at radius 2 is 1.81 bits per heavy atom. The van der Waals surface area contributed by atoms with Crippen LogP contribution in [0.1, 0.15) is 15.9 Å². The first-order valence-electron chi connectivity index (χ1n) is 8.67. The molecule has 27 heavy (non-hydrogen) atoms. The second kappa shape index (κ2) is 7.33. The van der Waals surface area contributed by atoms with Crippen LogP contribution in [0.4, 0.5) is 0 Å². The number of amides is 1. The largest absolute Gasteiger partial charge is 0.496 e. The number of aromatic nitrogens is 2. The van der Waals surface area contributed by atoms with Crippen LogP contribution in [0.3, 0.4) is 0 Å². The van der Waals surface area contributed by atoms with E-state index >= 15 is 0 Å². The molecule has 4 aromatic rings. The van der Waals surface area contributed by atoms with E-state index in [-0.39, 0.29) is 5.91 Å². The standard InChI is InChI=1S/C22H19N3O2/c1-27-21-13-18-5-3-2-4-17(18)12-20(21)22(26)24-14-16-6-8-19(9-7-16)25-11-10-23-15-25/h2-13,15H,14H2,1H3,(H,24,26). The molecular formula is C22H19N3O2. The highest BCUT2D eigenvalue weighted by Gasteiger charge is 2.13. The summed E-state index contributed by atoms with van der Waals surface area (Å²) in [5.74, 6) is 0.415. The summed E-state index contributed by atoms with van der Waals surface area (Å²) in [6.45, 7) is 0.443. The average Bonchev–Trinajstić information content (AvgIpc) is 3.26. The molecule has 5 heteroatoms. The Morgan fingerprint density at radius 1 is 1.07 bits per heavy atom. The van der Waals surface area contributed by atoms with Crippen LogP contribution in [0.15, 0.2) is 79.4 Å². The first-order chi connectivity index (χ1) is 13.2. The van der Waals surface area contributed by atoms with Crippen molar-refractivity contribution in [1.29, 1.82) is 0 Å². The zero-order chi connectivity index (χ0) is 18.6. The Hall–Kier alpha value is -3.60. The van der Waals surface area contributed by atoms with Crippen LogP contribution in [0.25, 0.3) is 16.5 Å². The monoisotopic (exact) mass is 357 g/mol. The maximum Gasteiger partial charge on any atom is 0.255 e. The smallest absolute Gasteiger partial charge is 0.255 e. The molecule has 1 heterocycles. The fourth-order valence-electron chi connectivity index (χ4n) is 3.04. The van der Waals surface area contributed by atoms with Crippen molar-refractivity contribution in [3.63, 3.8) is 0 Å². The Bertz CT molecular complexity index is 1070. The van der Waals surface area contributed by atoms with Gasteiger partial charge in [0.2, 0.25) is 0 Å². The fourth-order valence-corrected chi connectivity index (χ4v) is 3.04. The van der Waals surface area contributed by atoms with Gasteiger partial charge in [-0.25, -0.2) is 4.98 Å². The van der Waals surface area contributed by atoms with Gasteiger partial charge in [-0.1, -0.05) is 36.4 Å². The van der Waals surface area contributed by atoms with Crippen molar-refractivity contribution in [2.24, 2.45) is 0 Å². The van der Waals surface area contributed by atoms with Crippen molar-refractivity contribution in [2.45, 2.75) is 6.54 Å². The van der Waals surface area contributed by atoms with Gasteiger partial charge in [-0.3, -0.25) is 4.79 Å². The molecule has 1 aromatic heterocycles. The second-order valence-corrected chi connectivity index (χ2v) is 6.22. The van der Waals surface area contributed by atoms with Gasteiger partial charge < -0.3 is 14.6 Å². The summed E-state index contributed by atoms with van der Waals surface area (Å²) in [6, 6.07) is 19.7. The highest BCUT2D eigenvalue weighted by atomic mass is 16.5. The van der Waals surface area contributed by atoms with E-state index in [1.165, 1.54) is 0 Å². The number of hydrogen-bond acceptors (Lipinski definition) is 3. The maximum absolute atomic E-state index is 12.7. The summed E-state index contributed by atoms with van der Waals surface area (Å²) in [7, 11) is 1.58. The van der Waals surface area contributed by atoms with Gasteiger partial charge in [0.1, 0.15) is 5.75 Å². The highest BCUT2D eigenvalue weighted by molar-refractivity contribution is 6.01. The number of benzene rings is 3. The van der Waals surface area contributed by atoms with Crippen molar-refractivity contribution >= 4 is 16.7 Å². The zero-order valence-corrected chi connectivity index (χ0v) is 14.9. The first kappa shape index (κ1) is 16.8. The molecule has 134 valence electrons. The molecule has 0 bridgehead atoms. The molecule has 0 saturated carbocycles. The molecule has 4 rings (SSSR count). The summed E-state index contributed by atoms with van der Waals surface area (Å²) in [5.41, 5.74) is 2.58.